The number of rotatable bonds is 6. The van der Waals surface area contributed by atoms with Crippen LogP contribution in [0, 0.1) is 12.7 Å². The van der Waals surface area contributed by atoms with Gasteiger partial charge in [-0.25, -0.2) is 4.39 Å². The van der Waals surface area contributed by atoms with Gasteiger partial charge in [-0.3, -0.25) is 4.79 Å². The maximum absolute atomic E-state index is 13.7. The summed E-state index contributed by atoms with van der Waals surface area (Å²) in [6.07, 6.45) is -0.687. The average Bonchev–Trinajstić information content (AvgIpc) is 3.08. The average molecular weight is 384 g/mol. The van der Waals surface area contributed by atoms with E-state index >= 15 is 0 Å². The number of aromatic nitrogens is 2. The highest BCUT2D eigenvalue weighted by molar-refractivity contribution is 5.84. The van der Waals surface area contributed by atoms with Crippen molar-refractivity contribution in [1.29, 1.82) is 0 Å². The molecule has 27 heavy (non-hydrogen) atoms. The molecule has 1 fully saturated rings. The van der Waals surface area contributed by atoms with Crippen LogP contribution in [-0.4, -0.2) is 52.3 Å². The molecule has 1 N–H and O–H groups in total. The van der Waals surface area contributed by atoms with E-state index in [1.807, 2.05) is 0 Å². The first-order valence-electron chi connectivity index (χ1n) is 8.37. The Morgan fingerprint density at radius 3 is 2.78 bits per heavy atom. The van der Waals surface area contributed by atoms with Gasteiger partial charge in [0, 0.05) is 12.1 Å². The predicted octanol–water partition coefficient (Wildman–Crippen LogP) is 2.82. The van der Waals surface area contributed by atoms with E-state index in [9.17, 15) is 18.0 Å². The number of amides is 1. The number of hydrogen-bond donors (Lipinski definition) is 1. The van der Waals surface area contributed by atoms with E-state index in [-0.39, 0.29) is 24.4 Å². The lowest BCUT2D eigenvalue weighted by atomic mass is 10.00. The van der Waals surface area contributed by atoms with Crippen molar-refractivity contribution in [3.8, 4) is 11.5 Å². The summed E-state index contributed by atoms with van der Waals surface area (Å²) in [7, 11) is 0. The van der Waals surface area contributed by atoms with E-state index in [1.54, 1.807) is 32.9 Å². The van der Waals surface area contributed by atoms with Crippen LogP contribution in [0.3, 0.4) is 0 Å². The molecule has 146 valence electrons. The normalized spacial score (nSPS) is 20.5. The number of nitrogens with zero attached hydrogens (tertiary/aromatic N) is 3. The number of carbonyl (C=O) groups is 1. The molecule has 1 aromatic heterocycles. The molecule has 7 nitrogen and oxygen atoms in total. The number of aryl methyl sites for hydroxylation is 1. The Labute approximate surface area is 153 Å². The number of alkyl halides is 2. The minimum absolute atomic E-state index is 0.000361. The van der Waals surface area contributed by atoms with Crippen LogP contribution in [0.2, 0.25) is 0 Å². The second-order valence-corrected chi connectivity index (χ2v) is 6.41. The van der Waals surface area contributed by atoms with E-state index in [1.165, 1.54) is 11.0 Å². The molecule has 2 heterocycles. The van der Waals surface area contributed by atoms with Crippen LogP contribution >= 0.6 is 0 Å². The number of benzene rings is 1. The summed E-state index contributed by atoms with van der Waals surface area (Å²) >= 11 is 0. The third-order valence-electron chi connectivity index (χ3n) is 4.52. The number of anilines is 1. The fraction of sp³-hybridized carbons (Fsp3) is 0.471. The fourth-order valence-electron chi connectivity index (χ4n) is 2.77. The number of likely N-dealkylation sites (tertiary alicyclic amines) is 1. The van der Waals surface area contributed by atoms with Crippen molar-refractivity contribution in [3.63, 3.8) is 0 Å². The number of carbonyl (C=O) groups excluding carboxylic acids is 1. The minimum atomic E-state index is -2.87. The zero-order valence-corrected chi connectivity index (χ0v) is 14.9. The van der Waals surface area contributed by atoms with E-state index in [0.29, 0.717) is 11.1 Å². The molecule has 1 aliphatic heterocycles. The van der Waals surface area contributed by atoms with Gasteiger partial charge in [-0.15, -0.1) is 5.10 Å². The molecule has 1 saturated heterocycles. The summed E-state index contributed by atoms with van der Waals surface area (Å²) in [6.45, 7) is 2.09. The molecule has 2 aromatic rings. The lowest BCUT2D eigenvalue weighted by molar-refractivity contribution is -0.215. The molecule has 10 heteroatoms. The Hall–Kier alpha value is -2.62. The highest BCUT2D eigenvalue weighted by Gasteiger charge is 2.42. The topological polar surface area (TPSA) is 80.5 Å². The highest BCUT2D eigenvalue weighted by Crippen LogP contribution is 2.25. The van der Waals surface area contributed by atoms with Crippen molar-refractivity contribution in [2.45, 2.75) is 45.6 Å². The molecule has 3 rings (SSSR count). The molecule has 0 unspecified atom stereocenters. The summed E-state index contributed by atoms with van der Waals surface area (Å²) in [5.74, 6) is -0.590. The molecule has 0 spiro atoms. The van der Waals surface area contributed by atoms with Crippen molar-refractivity contribution in [3.05, 3.63) is 29.6 Å². The van der Waals surface area contributed by atoms with Crippen LogP contribution < -0.4 is 5.32 Å². The summed E-state index contributed by atoms with van der Waals surface area (Å²) in [5.41, 5.74) is 0.912. The molecule has 1 aliphatic rings. The second kappa shape index (κ2) is 7.55. The zero-order valence-electron chi connectivity index (χ0n) is 14.9. The molecule has 0 saturated carbocycles. The third-order valence-corrected chi connectivity index (χ3v) is 4.52. The fourth-order valence-corrected chi connectivity index (χ4v) is 2.77. The number of ether oxygens (including phenoxy) is 1. The van der Waals surface area contributed by atoms with Crippen LogP contribution in [0.1, 0.15) is 19.4 Å². The van der Waals surface area contributed by atoms with Gasteiger partial charge in [-0.2, -0.15) is 8.78 Å². The molecule has 0 radical (unpaired) electrons. The van der Waals surface area contributed by atoms with Gasteiger partial charge in [0.05, 0.1) is 6.04 Å². The SMILES string of the molecule is Cc1ccc(-c2nnc(N[C@H](C)C(=O)N3C[C@H](OC(F)F)[C@@H]3C)o2)cc1F. The zero-order chi connectivity index (χ0) is 19.7. The van der Waals surface area contributed by atoms with Crippen molar-refractivity contribution in [2.24, 2.45) is 0 Å². The van der Waals surface area contributed by atoms with Gasteiger partial charge in [0.25, 0.3) is 0 Å². The maximum Gasteiger partial charge on any atom is 0.345 e. The Morgan fingerprint density at radius 1 is 1.41 bits per heavy atom. The van der Waals surface area contributed by atoms with Crippen LogP contribution in [0.25, 0.3) is 11.5 Å². The summed E-state index contributed by atoms with van der Waals surface area (Å²) in [6, 6.07) is 3.35. The van der Waals surface area contributed by atoms with Gasteiger partial charge in [0.15, 0.2) is 0 Å². The van der Waals surface area contributed by atoms with Crippen molar-refractivity contribution in [2.75, 3.05) is 11.9 Å². The lowest BCUT2D eigenvalue weighted by Gasteiger charge is -2.46. The number of halogens is 3. The number of hydrogen-bond acceptors (Lipinski definition) is 6. The Bertz CT molecular complexity index is 830. The summed E-state index contributed by atoms with van der Waals surface area (Å²) in [4.78, 5) is 13.8. The van der Waals surface area contributed by atoms with E-state index < -0.39 is 30.6 Å². The molecule has 0 bridgehead atoms. The van der Waals surface area contributed by atoms with Crippen LogP contribution in [0.5, 0.6) is 0 Å². The van der Waals surface area contributed by atoms with Crippen LogP contribution in [-0.2, 0) is 9.53 Å². The van der Waals surface area contributed by atoms with Crippen LogP contribution in [0.15, 0.2) is 22.6 Å². The van der Waals surface area contributed by atoms with E-state index in [2.05, 4.69) is 20.3 Å². The van der Waals surface area contributed by atoms with Crippen LogP contribution in [0.4, 0.5) is 19.2 Å². The highest BCUT2D eigenvalue weighted by atomic mass is 19.3. The first-order chi connectivity index (χ1) is 12.8. The van der Waals surface area contributed by atoms with Gasteiger partial charge in [-0.1, -0.05) is 11.2 Å². The first-order valence-corrected chi connectivity index (χ1v) is 8.37. The Kier molecular flexibility index (Phi) is 5.36. The van der Waals surface area contributed by atoms with Gasteiger partial charge in [0.2, 0.25) is 11.8 Å². The Morgan fingerprint density at radius 2 is 2.15 bits per heavy atom. The molecule has 1 amide bonds. The largest absolute Gasteiger partial charge is 0.403 e. The van der Waals surface area contributed by atoms with Gasteiger partial charge in [0.1, 0.15) is 18.0 Å². The van der Waals surface area contributed by atoms with Gasteiger partial charge in [-0.05, 0) is 38.5 Å². The minimum Gasteiger partial charge on any atom is -0.403 e. The third kappa shape index (κ3) is 4.05. The van der Waals surface area contributed by atoms with Gasteiger partial charge < -0.3 is 19.4 Å². The van der Waals surface area contributed by atoms with Crippen molar-refractivity contribution >= 4 is 11.9 Å². The summed E-state index contributed by atoms with van der Waals surface area (Å²) < 4.78 is 48.0. The molecular formula is C17H19F3N4O3. The summed E-state index contributed by atoms with van der Waals surface area (Å²) in [5, 5.41) is 10.4. The first kappa shape index (κ1) is 19.2. The lowest BCUT2D eigenvalue weighted by Crippen LogP contribution is -2.64. The molecule has 1 aromatic carbocycles. The smallest absolute Gasteiger partial charge is 0.345 e. The van der Waals surface area contributed by atoms with Crippen molar-refractivity contribution in [1.82, 2.24) is 15.1 Å². The molecule has 3 atom stereocenters. The van der Waals surface area contributed by atoms with Crippen molar-refractivity contribution < 1.29 is 27.1 Å². The molecule has 0 aliphatic carbocycles. The molecular weight excluding hydrogens is 365 g/mol. The predicted molar refractivity (Wildman–Crippen MR) is 89.6 cm³/mol. The Balaban J connectivity index is 1.60. The van der Waals surface area contributed by atoms with E-state index in [4.69, 9.17) is 4.42 Å². The van der Waals surface area contributed by atoms with Gasteiger partial charge >= 0.3 is 12.6 Å². The number of nitrogens with one attached hydrogen (secondary N) is 1. The second-order valence-electron chi connectivity index (χ2n) is 6.41. The maximum atomic E-state index is 13.7. The quantitative estimate of drug-likeness (QED) is 0.825. The monoisotopic (exact) mass is 384 g/mol. The standard InChI is InChI=1S/C17H19F3N4O3/c1-8-4-5-11(6-12(8)18)14-22-23-17(27-14)21-9(2)15(25)24-7-13(10(24)3)26-16(19)20/h4-6,9-10,13,16H,7H2,1-3H3,(H,21,23)/t9-,10+,13+/m1/s1. The van der Waals surface area contributed by atoms with E-state index in [0.717, 1.165) is 0 Å².